The quantitative estimate of drug-likeness (QED) is 0.557. The summed E-state index contributed by atoms with van der Waals surface area (Å²) in [5, 5.41) is 2.89. The van der Waals surface area contributed by atoms with Crippen LogP contribution in [0.3, 0.4) is 0 Å². The lowest BCUT2D eigenvalue weighted by atomic mass is 10.0. The molecule has 0 radical (unpaired) electrons. The zero-order valence-corrected chi connectivity index (χ0v) is 16.9. The van der Waals surface area contributed by atoms with Gasteiger partial charge in [-0.2, -0.15) is 0 Å². The average molecular weight is 438 g/mol. The molecule has 1 heterocycles. The van der Waals surface area contributed by atoms with Crippen LogP contribution in [0, 0.1) is 17.5 Å². The molecule has 3 aromatic rings. The maximum absolute atomic E-state index is 14.4. The van der Waals surface area contributed by atoms with Crippen molar-refractivity contribution in [2.75, 3.05) is 16.8 Å². The SMILES string of the molecule is CCOc1cccc(NC2=C(c3ccc(F)cc3)C(=O)N(c3cc(F)ccc3F)C2=O)c1. The summed E-state index contributed by atoms with van der Waals surface area (Å²) >= 11 is 0. The van der Waals surface area contributed by atoms with E-state index >= 15 is 0 Å². The molecule has 0 saturated heterocycles. The average Bonchev–Trinajstić information content (AvgIpc) is 3.01. The Morgan fingerprint density at radius 2 is 1.59 bits per heavy atom. The highest BCUT2D eigenvalue weighted by molar-refractivity contribution is 6.46. The van der Waals surface area contributed by atoms with Crippen LogP contribution in [0.2, 0.25) is 0 Å². The molecule has 0 saturated carbocycles. The monoisotopic (exact) mass is 438 g/mol. The summed E-state index contributed by atoms with van der Waals surface area (Å²) in [6.07, 6.45) is 0. The number of anilines is 2. The smallest absolute Gasteiger partial charge is 0.282 e. The first kappa shape index (κ1) is 21.2. The largest absolute Gasteiger partial charge is 0.494 e. The molecule has 0 atom stereocenters. The number of imide groups is 1. The van der Waals surface area contributed by atoms with Crippen molar-refractivity contribution in [2.24, 2.45) is 0 Å². The van der Waals surface area contributed by atoms with E-state index in [-0.39, 0.29) is 16.8 Å². The van der Waals surface area contributed by atoms with Crippen molar-refractivity contribution in [3.05, 3.63) is 95.4 Å². The Morgan fingerprint density at radius 3 is 2.31 bits per heavy atom. The molecule has 0 fully saturated rings. The van der Waals surface area contributed by atoms with Gasteiger partial charge >= 0.3 is 0 Å². The van der Waals surface area contributed by atoms with Gasteiger partial charge in [-0.15, -0.1) is 0 Å². The Balaban J connectivity index is 1.82. The molecule has 3 aromatic carbocycles. The molecular weight excluding hydrogens is 421 g/mol. The predicted octanol–water partition coefficient (Wildman–Crippen LogP) is 4.90. The van der Waals surface area contributed by atoms with E-state index in [2.05, 4.69) is 5.32 Å². The Kier molecular flexibility index (Phi) is 5.68. The lowest BCUT2D eigenvalue weighted by Gasteiger charge is -2.16. The number of carbonyl (C=O) groups excluding carboxylic acids is 2. The number of nitrogens with one attached hydrogen (secondary N) is 1. The molecule has 1 aliphatic rings. The Morgan fingerprint density at radius 1 is 0.875 bits per heavy atom. The summed E-state index contributed by atoms with van der Waals surface area (Å²) in [6.45, 7) is 2.25. The van der Waals surface area contributed by atoms with E-state index in [1.807, 2.05) is 6.92 Å². The number of rotatable bonds is 6. The summed E-state index contributed by atoms with van der Waals surface area (Å²) in [7, 11) is 0. The first-order valence-corrected chi connectivity index (χ1v) is 9.73. The summed E-state index contributed by atoms with van der Waals surface area (Å²) in [5.41, 5.74) is -0.0836. The van der Waals surface area contributed by atoms with Crippen molar-refractivity contribution in [2.45, 2.75) is 6.92 Å². The molecule has 0 unspecified atom stereocenters. The number of carbonyl (C=O) groups is 2. The number of amides is 2. The van der Waals surface area contributed by atoms with Crippen LogP contribution >= 0.6 is 0 Å². The number of hydrogen-bond acceptors (Lipinski definition) is 4. The van der Waals surface area contributed by atoms with Gasteiger partial charge in [-0.3, -0.25) is 9.59 Å². The van der Waals surface area contributed by atoms with Crippen molar-refractivity contribution in [1.29, 1.82) is 0 Å². The molecule has 0 bridgehead atoms. The van der Waals surface area contributed by atoms with Crippen molar-refractivity contribution >= 4 is 28.8 Å². The highest BCUT2D eigenvalue weighted by atomic mass is 19.1. The zero-order valence-electron chi connectivity index (χ0n) is 16.9. The summed E-state index contributed by atoms with van der Waals surface area (Å²) in [4.78, 5) is 27.0. The van der Waals surface area contributed by atoms with E-state index < -0.39 is 35.0 Å². The molecular formula is C24H17F3N2O3. The van der Waals surface area contributed by atoms with Crippen molar-refractivity contribution in [3.8, 4) is 5.75 Å². The van der Waals surface area contributed by atoms with E-state index in [4.69, 9.17) is 4.74 Å². The second kappa shape index (κ2) is 8.58. The van der Waals surface area contributed by atoms with E-state index in [1.165, 1.54) is 12.1 Å². The van der Waals surface area contributed by atoms with Gasteiger partial charge in [-0.25, -0.2) is 18.1 Å². The highest BCUT2D eigenvalue weighted by Crippen LogP contribution is 2.35. The topological polar surface area (TPSA) is 58.6 Å². The summed E-state index contributed by atoms with van der Waals surface area (Å²) in [5.74, 6) is -3.48. The summed E-state index contributed by atoms with van der Waals surface area (Å²) < 4.78 is 47.1. The first-order chi connectivity index (χ1) is 15.4. The zero-order chi connectivity index (χ0) is 22.8. The molecule has 0 aromatic heterocycles. The standard InChI is InChI=1S/C24H17F3N2O3/c1-2-32-18-5-3-4-17(13-18)28-22-21(14-6-8-15(25)9-7-14)23(30)29(24(22)31)20-12-16(26)10-11-19(20)27/h3-13,28H,2H2,1H3. The van der Waals surface area contributed by atoms with E-state index in [0.29, 0.717) is 22.9 Å². The van der Waals surface area contributed by atoms with Gasteiger partial charge in [0.15, 0.2) is 0 Å². The minimum absolute atomic E-state index is 0.0968. The second-order valence-corrected chi connectivity index (χ2v) is 6.88. The maximum Gasteiger partial charge on any atom is 0.282 e. The Hall–Kier alpha value is -4.07. The molecule has 1 aliphatic heterocycles. The van der Waals surface area contributed by atoms with Gasteiger partial charge < -0.3 is 10.1 Å². The van der Waals surface area contributed by atoms with E-state index in [0.717, 1.165) is 30.3 Å². The van der Waals surface area contributed by atoms with Gasteiger partial charge in [-0.1, -0.05) is 18.2 Å². The van der Waals surface area contributed by atoms with Crippen LogP contribution in [0.15, 0.2) is 72.4 Å². The third kappa shape index (κ3) is 3.94. The Labute approximate surface area is 181 Å². The van der Waals surface area contributed by atoms with Crippen molar-refractivity contribution < 1.29 is 27.5 Å². The van der Waals surface area contributed by atoms with Gasteiger partial charge in [-0.05, 0) is 48.9 Å². The number of halogens is 3. The molecule has 0 spiro atoms. The highest BCUT2D eigenvalue weighted by Gasteiger charge is 2.41. The van der Waals surface area contributed by atoms with Crippen LogP contribution in [0.25, 0.3) is 5.57 Å². The van der Waals surface area contributed by atoms with E-state index in [9.17, 15) is 22.8 Å². The number of nitrogens with zero attached hydrogens (tertiary/aromatic N) is 1. The summed E-state index contributed by atoms with van der Waals surface area (Å²) in [6, 6.07) is 14.1. The van der Waals surface area contributed by atoms with Crippen molar-refractivity contribution in [1.82, 2.24) is 0 Å². The fourth-order valence-electron chi connectivity index (χ4n) is 3.38. The Bertz CT molecular complexity index is 1240. The van der Waals surface area contributed by atoms with Crippen LogP contribution in [0.1, 0.15) is 12.5 Å². The lowest BCUT2D eigenvalue weighted by molar-refractivity contribution is -0.120. The van der Waals surface area contributed by atoms with Crippen LogP contribution < -0.4 is 15.0 Å². The predicted molar refractivity (Wildman–Crippen MR) is 113 cm³/mol. The van der Waals surface area contributed by atoms with Gasteiger partial charge in [0.05, 0.1) is 17.9 Å². The van der Waals surface area contributed by atoms with Crippen LogP contribution in [0.4, 0.5) is 24.5 Å². The normalized spacial score (nSPS) is 13.7. The molecule has 1 N–H and O–H groups in total. The third-order valence-electron chi connectivity index (χ3n) is 4.78. The van der Waals surface area contributed by atoms with Crippen LogP contribution in [-0.4, -0.2) is 18.4 Å². The van der Waals surface area contributed by atoms with Gasteiger partial charge in [0, 0.05) is 17.8 Å². The van der Waals surface area contributed by atoms with Gasteiger partial charge in [0.2, 0.25) is 0 Å². The molecule has 5 nitrogen and oxygen atoms in total. The van der Waals surface area contributed by atoms with Crippen LogP contribution in [-0.2, 0) is 9.59 Å². The van der Waals surface area contributed by atoms with E-state index in [1.54, 1.807) is 24.3 Å². The lowest BCUT2D eigenvalue weighted by Crippen LogP contribution is -2.33. The number of hydrogen-bond donors (Lipinski definition) is 1. The second-order valence-electron chi connectivity index (χ2n) is 6.88. The third-order valence-corrected chi connectivity index (χ3v) is 4.78. The minimum atomic E-state index is -0.939. The molecule has 32 heavy (non-hydrogen) atoms. The molecule has 162 valence electrons. The van der Waals surface area contributed by atoms with Gasteiger partial charge in [0.25, 0.3) is 11.8 Å². The first-order valence-electron chi connectivity index (χ1n) is 9.73. The molecule has 8 heteroatoms. The number of benzene rings is 3. The van der Waals surface area contributed by atoms with Crippen LogP contribution in [0.5, 0.6) is 5.75 Å². The minimum Gasteiger partial charge on any atom is -0.494 e. The fraction of sp³-hybridized carbons (Fsp3) is 0.0833. The molecule has 4 rings (SSSR count). The molecule has 0 aliphatic carbocycles. The van der Waals surface area contributed by atoms with Gasteiger partial charge in [0.1, 0.15) is 28.9 Å². The maximum atomic E-state index is 14.4. The fourth-order valence-corrected chi connectivity index (χ4v) is 3.38. The number of ether oxygens (including phenoxy) is 1. The van der Waals surface area contributed by atoms with Crippen molar-refractivity contribution in [3.63, 3.8) is 0 Å². The molecule has 2 amide bonds.